The third-order valence-corrected chi connectivity index (χ3v) is 3.45. The van der Waals surface area contributed by atoms with Crippen molar-refractivity contribution in [2.24, 2.45) is 0 Å². The maximum absolute atomic E-state index is 2.29. The molecule has 0 N–H and O–H groups in total. The molecule has 1 aliphatic carbocycles. The average Bonchev–Trinajstić information content (AvgIpc) is 1.85. The van der Waals surface area contributed by atoms with Crippen LogP contribution < -0.4 is 0 Å². The van der Waals surface area contributed by atoms with E-state index in [9.17, 15) is 0 Å². The molecule has 0 atom stereocenters. The Morgan fingerprint density at radius 2 is 1.80 bits per heavy atom. The Labute approximate surface area is 89.5 Å². The fraction of sp³-hybridized carbons (Fsp3) is 0.429. The summed E-state index contributed by atoms with van der Waals surface area (Å²) in [5.74, 6) is 0. The molecule has 0 saturated carbocycles. The molecule has 57 valence electrons. The minimum atomic E-state index is 0. The topological polar surface area (TPSA) is 0 Å². The van der Waals surface area contributed by atoms with E-state index < -0.39 is 0 Å². The van der Waals surface area contributed by atoms with Crippen LogP contribution in [0.15, 0.2) is 20.6 Å². The molecular formula is C7H11Cl2Hf. The average molecular weight is 345 g/mol. The predicted octanol–water partition coefficient (Wildman–Crippen LogP) is 3.00. The van der Waals surface area contributed by atoms with E-state index in [1.807, 2.05) is 0 Å². The molecule has 3 heteroatoms. The van der Waals surface area contributed by atoms with E-state index in [0.29, 0.717) is 0 Å². The van der Waals surface area contributed by atoms with Crippen molar-refractivity contribution in [3.05, 3.63) is 20.6 Å². The van der Waals surface area contributed by atoms with Gasteiger partial charge in [0.05, 0.1) is 0 Å². The van der Waals surface area contributed by atoms with E-state index in [-0.39, 0.29) is 24.8 Å². The fourth-order valence-electron chi connectivity index (χ4n) is 0.926. The van der Waals surface area contributed by atoms with Crippen LogP contribution in [0.3, 0.4) is 0 Å². The van der Waals surface area contributed by atoms with Crippen molar-refractivity contribution in [2.75, 3.05) is 0 Å². The molecule has 1 aliphatic rings. The first-order chi connectivity index (χ1) is 3.70. The van der Waals surface area contributed by atoms with E-state index in [2.05, 4.69) is 19.9 Å². The monoisotopic (exact) mass is 345 g/mol. The second-order valence-corrected chi connectivity index (χ2v) is 4.50. The number of hydrogen-bond acceptors (Lipinski definition) is 0. The van der Waals surface area contributed by atoms with E-state index >= 15 is 0 Å². The van der Waals surface area contributed by atoms with Crippen LogP contribution in [-0.2, 0) is 24.4 Å². The molecule has 0 spiro atoms. The van der Waals surface area contributed by atoms with Crippen molar-refractivity contribution in [1.82, 2.24) is 0 Å². The molecule has 0 radical (unpaired) electrons. The summed E-state index contributed by atoms with van der Waals surface area (Å²) in [5, 5.41) is 0. The van der Waals surface area contributed by atoms with Gasteiger partial charge in [0.1, 0.15) is 0 Å². The van der Waals surface area contributed by atoms with Crippen LogP contribution in [0.5, 0.6) is 0 Å². The number of hydrogen-bond donors (Lipinski definition) is 0. The van der Waals surface area contributed by atoms with Gasteiger partial charge in [-0.3, -0.25) is 0 Å². The summed E-state index contributed by atoms with van der Waals surface area (Å²) < 4.78 is 1.67. The first kappa shape index (κ1) is 13.5. The molecule has 0 heterocycles. The van der Waals surface area contributed by atoms with Crippen LogP contribution in [0.2, 0.25) is 0 Å². The van der Waals surface area contributed by atoms with Crippen molar-refractivity contribution in [3.63, 3.8) is 0 Å². The fourth-order valence-corrected chi connectivity index (χ4v) is 2.19. The molecule has 0 bridgehead atoms. The van der Waals surface area contributed by atoms with Gasteiger partial charge in [-0.15, -0.1) is 24.8 Å². The number of halogens is 2. The maximum Gasteiger partial charge on any atom is -0.147 e. The second kappa shape index (κ2) is 5.56. The standard InChI is InChI=1S/C7H9.2ClH.Hf/c1-6-3-4-7(2)5-6;;;/h5H,3H2,1-2H3;2*1H;. The van der Waals surface area contributed by atoms with Gasteiger partial charge >= 0.3 is 65.2 Å². The zero-order chi connectivity index (χ0) is 6.15. The second-order valence-electron chi connectivity index (χ2n) is 2.33. The minimum Gasteiger partial charge on any atom is -0.147 e. The van der Waals surface area contributed by atoms with Gasteiger partial charge in [-0.1, -0.05) is 0 Å². The van der Waals surface area contributed by atoms with E-state index in [1.165, 1.54) is 41.9 Å². The molecule has 0 aliphatic heterocycles. The van der Waals surface area contributed by atoms with Gasteiger partial charge in [-0.2, -0.15) is 0 Å². The first-order valence-corrected chi connectivity index (χ1v) is 4.58. The largest absolute Gasteiger partial charge is 0.147 e. The van der Waals surface area contributed by atoms with Crippen LogP contribution >= 0.6 is 24.8 Å². The van der Waals surface area contributed by atoms with Crippen molar-refractivity contribution in [1.29, 1.82) is 0 Å². The summed E-state index contributed by atoms with van der Waals surface area (Å²) in [7, 11) is 0. The van der Waals surface area contributed by atoms with Gasteiger partial charge in [-0.05, 0) is 0 Å². The summed E-state index contributed by atoms with van der Waals surface area (Å²) in [6.45, 7) is 4.41. The predicted molar refractivity (Wildman–Crippen MR) is 45.6 cm³/mol. The summed E-state index contributed by atoms with van der Waals surface area (Å²) in [6.07, 6.45) is 3.56. The Kier molecular flexibility index (Phi) is 7.52. The van der Waals surface area contributed by atoms with Gasteiger partial charge in [0, 0.05) is 0 Å². The summed E-state index contributed by atoms with van der Waals surface area (Å²) >= 11 is 1.25. The minimum absolute atomic E-state index is 0. The van der Waals surface area contributed by atoms with Crippen LogP contribution in [0.1, 0.15) is 20.3 Å². The summed E-state index contributed by atoms with van der Waals surface area (Å²) in [4.78, 5) is 0. The van der Waals surface area contributed by atoms with Crippen LogP contribution in [0.25, 0.3) is 0 Å². The van der Waals surface area contributed by atoms with Crippen LogP contribution in [0, 0.1) is 0 Å². The Morgan fingerprint density at radius 3 is 1.90 bits per heavy atom. The Morgan fingerprint density at radius 1 is 1.30 bits per heavy atom. The first-order valence-electron chi connectivity index (χ1n) is 2.78. The Hall–Kier alpha value is 0.930. The number of rotatable bonds is 0. The van der Waals surface area contributed by atoms with Gasteiger partial charge in [0.15, 0.2) is 0 Å². The quantitative estimate of drug-likeness (QED) is 0.593. The molecule has 0 amide bonds. The molecule has 10 heavy (non-hydrogen) atoms. The zero-order valence-electron chi connectivity index (χ0n) is 6.10. The van der Waals surface area contributed by atoms with Gasteiger partial charge in [0.25, 0.3) is 0 Å². The normalized spacial score (nSPS) is 15.5. The summed E-state index contributed by atoms with van der Waals surface area (Å²) in [6, 6.07) is 0. The summed E-state index contributed by atoms with van der Waals surface area (Å²) in [5.41, 5.74) is 3.06. The van der Waals surface area contributed by atoms with Gasteiger partial charge < -0.3 is 0 Å². The Balaban J connectivity index is 0. The van der Waals surface area contributed by atoms with Crippen molar-refractivity contribution in [3.8, 4) is 0 Å². The maximum atomic E-state index is 2.29. The third-order valence-electron chi connectivity index (χ3n) is 1.39. The van der Waals surface area contributed by atoms with E-state index in [0.717, 1.165) is 0 Å². The van der Waals surface area contributed by atoms with E-state index in [1.54, 1.807) is 3.33 Å². The zero-order valence-corrected chi connectivity index (χ0v) is 11.3. The molecule has 0 fully saturated rings. The van der Waals surface area contributed by atoms with E-state index in [4.69, 9.17) is 0 Å². The smallest absolute Gasteiger partial charge is 0.147 e. The van der Waals surface area contributed by atoms with Crippen molar-refractivity contribution < 1.29 is 24.4 Å². The molecule has 0 aromatic heterocycles. The molecule has 0 aromatic carbocycles. The van der Waals surface area contributed by atoms with Gasteiger partial charge in [-0.25, -0.2) is 0 Å². The van der Waals surface area contributed by atoms with Crippen molar-refractivity contribution in [2.45, 2.75) is 20.3 Å². The molecule has 0 nitrogen and oxygen atoms in total. The van der Waals surface area contributed by atoms with Crippen LogP contribution in [-0.4, -0.2) is 0 Å². The Bertz CT molecular complexity index is 170. The van der Waals surface area contributed by atoms with Crippen LogP contribution in [0.4, 0.5) is 0 Å². The molecular weight excluding hydrogens is 333 g/mol. The van der Waals surface area contributed by atoms with Gasteiger partial charge in [0.2, 0.25) is 0 Å². The molecule has 0 aromatic rings. The third kappa shape index (κ3) is 3.36. The molecule has 0 saturated heterocycles. The molecule has 0 unspecified atom stereocenters. The SMILES string of the molecule is CC1=CC(C)=[C]([Hf])C1.Cl.Cl. The number of allylic oxidation sites excluding steroid dienone is 4. The molecule has 1 rings (SSSR count). The van der Waals surface area contributed by atoms with Crippen molar-refractivity contribution >= 4 is 24.8 Å².